The summed E-state index contributed by atoms with van der Waals surface area (Å²) in [5.74, 6) is -0.103. The number of amides is 2. The van der Waals surface area contributed by atoms with Crippen LogP contribution in [0.3, 0.4) is 0 Å². The van der Waals surface area contributed by atoms with Crippen molar-refractivity contribution in [3.05, 3.63) is 0 Å². The van der Waals surface area contributed by atoms with Crippen LogP contribution >= 0.6 is 0 Å². The van der Waals surface area contributed by atoms with E-state index in [9.17, 15) is 9.59 Å². The molecule has 94 valence electrons. The van der Waals surface area contributed by atoms with Crippen LogP contribution in [0.15, 0.2) is 0 Å². The third kappa shape index (κ3) is 7.23. The van der Waals surface area contributed by atoms with Gasteiger partial charge < -0.3 is 15.5 Å². The van der Waals surface area contributed by atoms with Gasteiger partial charge in [0.2, 0.25) is 11.8 Å². The lowest BCUT2D eigenvalue weighted by Gasteiger charge is -2.16. The largest absolute Gasteiger partial charge is 0.355 e. The molecule has 0 aromatic heterocycles. The number of hydrogen-bond donors (Lipinski definition) is 2. The van der Waals surface area contributed by atoms with Crippen LogP contribution in [0, 0.1) is 0 Å². The predicted octanol–water partition coefficient (Wildman–Crippen LogP) is -0.0294. The van der Waals surface area contributed by atoms with Gasteiger partial charge in [-0.05, 0) is 13.0 Å². The van der Waals surface area contributed by atoms with Crippen molar-refractivity contribution in [3.63, 3.8) is 0 Å². The minimum absolute atomic E-state index is 0.00685. The highest BCUT2D eigenvalue weighted by Gasteiger charge is 2.11. The van der Waals surface area contributed by atoms with E-state index in [4.69, 9.17) is 0 Å². The van der Waals surface area contributed by atoms with Crippen molar-refractivity contribution >= 4 is 11.8 Å². The highest BCUT2D eigenvalue weighted by molar-refractivity contribution is 5.84. The molecule has 0 aromatic rings. The van der Waals surface area contributed by atoms with E-state index in [0.717, 1.165) is 13.0 Å². The molecule has 0 aliphatic heterocycles. The van der Waals surface area contributed by atoms with Gasteiger partial charge in [-0.25, -0.2) is 0 Å². The Labute approximate surface area is 97.6 Å². The van der Waals surface area contributed by atoms with Crippen LogP contribution < -0.4 is 10.6 Å². The van der Waals surface area contributed by atoms with Crippen LogP contribution in [-0.2, 0) is 9.59 Å². The zero-order valence-electron chi connectivity index (χ0n) is 10.5. The summed E-state index contributed by atoms with van der Waals surface area (Å²) in [6, 6.07) is 0. The monoisotopic (exact) mass is 229 g/mol. The summed E-state index contributed by atoms with van der Waals surface area (Å²) in [4.78, 5) is 24.3. The quantitative estimate of drug-likeness (QED) is 0.575. The molecule has 0 aliphatic carbocycles. The second-order valence-corrected chi connectivity index (χ2v) is 3.70. The Morgan fingerprint density at radius 2 is 1.88 bits per heavy atom. The lowest BCUT2D eigenvalue weighted by Crippen LogP contribution is -2.39. The molecule has 0 rings (SSSR count). The van der Waals surface area contributed by atoms with Crippen molar-refractivity contribution in [2.45, 2.75) is 26.7 Å². The number of carbonyl (C=O) groups is 2. The molecule has 0 heterocycles. The molecule has 0 saturated heterocycles. The van der Waals surface area contributed by atoms with Crippen molar-refractivity contribution < 1.29 is 9.59 Å². The Bertz CT molecular complexity index is 219. The molecule has 0 aliphatic rings. The van der Waals surface area contributed by atoms with Gasteiger partial charge in [0.25, 0.3) is 0 Å². The average molecular weight is 229 g/mol. The molecule has 0 unspecified atom stereocenters. The number of likely N-dealkylation sites (N-methyl/N-ethyl adjacent to an activating group) is 1. The predicted molar refractivity (Wildman–Crippen MR) is 64.1 cm³/mol. The Hall–Kier alpha value is -1.10. The summed E-state index contributed by atoms with van der Waals surface area (Å²) in [6.07, 6.45) is 1.34. The van der Waals surface area contributed by atoms with Gasteiger partial charge in [0.1, 0.15) is 0 Å². The van der Waals surface area contributed by atoms with Crippen molar-refractivity contribution in [1.82, 2.24) is 15.5 Å². The minimum Gasteiger partial charge on any atom is -0.355 e. The molecule has 16 heavy (non-hydrogen) atoms. The summed E-state index contributed by atoms with van der Waals surface area (Å²) in [5, 5.41) is 5.81. The first-order valence-electron chi connectivity index (χ1n) is 5.83. The van der Waals surface area contributed by atoms with E-state index >= 15 is 0 Å². The maximum absolute atomic E-state index is 11.5. The Kier molecular flexibility index (Phi) is 8.52. The molecule has 0 radical (unpaired) electrons. The molecule has 2 amide bonds. The molecule has 5 heteroatoms. The molecule has 2 N–H and O–H groups in total. The Balaban J connectivity index is 3.73. The Morgan fingerprint density at radius 1 is 1.19 bits per heavy atom. The van der Waals surface area contributed by atoms with Crippen LogP contribution in [0.4, 0.5) is 0 Å². The normalized spacial score (nSPS) is 9.94. The van der Waals surface area contributed by atoms with Gasteiger partial charge in [0.05, 0.1) is 6.54 Å². The fraction of sp³-hybridized carbons (Fsp3) is 0.818. The third-order valence-corrected chi connectivity index (χ3v) is 2.14. The molecule has 0 fully saturated rings. The maximum atomic E-state index is 11.5. The summed E-state index contributed by atoms with van der Waals surface area (Å²) >= 11 is 0. The van der Waals surface area contributed by atoms with Crippen LogP contribution in [0.5, 0.6) is 0 Å². The minimum atomic E-state index is -0.0962. The summed E-state index contributed by atoms with van der Waals surface area (Å²) < 4.78 is 0. The molecule has 0 saturated carbocycles. The second kappa shape index (κ2) is 9.15. The fourth-order valence-electron chi connectivity index (χ4n) is 1.19. The first-order valence-corrected chi connectivity index (χ1v) is 5.83. The van der Waals surface area contributed by atoms with Gasteiger partial charge in [-0.1, -0.05) is 13.8 Å². The smallest absolute Gasteiger partial charge is 0.239 e. The number of nitrogens with one attached hydrogen (secondary N) is 2. The average Bonchev–Trinajstić information content (AvgIpc) is 2.26. The first-order chi connectivity index (χ1) is 7.61. The summed E-state index contributed by atoms with van der Waals surface area (Å²) in [7, 11) is 1.65. The first kappa shape index (κ1) is 14.9. The van der Waals surface area contributed by atoms with E-state index in [2.05, 4.69) is 10.6 Å². The maximum Gasteiger partial charge on any atom is 0.239 e. The number of hydrogen-bond acceptors (Lipinski definition) is 3. The summed E-state index contributed by atoms with van der Waals surface area (Å²) in [6.45, 7) is 6.31. The highest BCUT2D eigenvalue weighted by Crippen LogP contribution is 1.89. The van der Waals surface area contributed by atoms with Gasteiger partial charge in [-0.2, -0.15) is 0 Å². The zero-order chi connectivity index (χ0) is 12.4. The number of rotatable bonds is 8. The standard InChI is InChI=1S/C11H23N3O2/c1-4-7-13-10(15)9-14(3)11(16)6-8-12-5-2/h12H,4-9H2,1-3H3,(H,13,15). The van der Waals surface area contributed by atoms with E-state index in [1.807, 2.05) is 13.8 Å². The van der Waals surface area contributed by atoms with Crippen molar-refractivity contribution in [3.8, 4) is 0 Å². The van der Waals surface area contributed by atoms with E-state index in [0.29, 0.717) is 19.5 Å². The lowest BCUT2D eigenvalue weighted by atomic mass is 10.3. The fourth-order valence-corrected chi connectivity index (χ4v) is 1.19. The van der Waals surface area contributed by atoms with Gasteiger partial charge in [0, 0.05) is 26.6 Å². The van der Waals surface area contributed by atoms with Gasteiger partial charge >= 0.3 is 0 Å². The molecular weight excluding hydrogens is 206 g/mol. The molecule has 0 atom stereocenters. The van der Waals surface area contributed by atoms with Crippen LogP contribution in [0.25, 0.3) is 0 Å². The third-order valence-electron chi connectivity index (χ3n) is 2.14. The molecule has 0 aromatic carbocycles. The van der Waals surface area contributed by atoms with E-state index in [-0.39, 0.29) is 18.4 Å². The van der Waals surface area contributed by atoms with Gasteiger partial charge in [-0.15, -0.1) is 0 Å². The summed E-state index contributed by atoms with van der Waals surface area (Å²) in [5.41, 5.74) is 0. The van der Waals surface area contributed by atoms with Crippen LogP contribution in [0.1, 0.15) is 26.7 Å². The van der Waals surface area contributed by atoms with E-state index in [1.54, 1.807) is 7.05 Å². The zero-order valence-corrected chi connectivity index (χ0v) is 10.5. The lowest BCUT2D eigenvalue weighted by molar-refractivity contribution is -0.134. The molecular formula is C11H23N3O2. The van der Waals surface area contributed by atoms with Crippen LogP contribution in [-0.4, -0.2) is 49.9 Å². The molecule has 5 nitrogen and oxygen atoms in total. The van der Waals surface area contributed by atoms with Gasteiger partial charge in [-0.3, -0.25) is 9.59 Å². The second-order valence-electron chi connectivity index (χ2n) is 3.70. The van der Waals surface area contributed by atoms with Crippen LogP contribution in [0.2, 0.25) is 0 Å². The van der Waals surface area contributed by atoms with E-state index in [1.165, 1.54) is 4.90 Å². The van der Waals surface area contributed by atoms with Crippen molar-refractivity contribution in [2.75, 3.05) is 33.2 Å². The van der Waals surface area contributed by atoms with Gasteiger partial charge in [0.15, 0.2) is 0 Å². The van der Waals surface area contributed by atoms with Crippen molar-refractivity contribution in [2.24, 2.45) is 0 Å². The highest BCUT2D eigenvalue weighted by atomic mass is 16.2. The number of nitrogens with zero attached hydrogens (tertiary/aromatic N) is 1. The Morgan fingerprint density at radius 3 is 2.44 bits per heavy atom. The topological polar surface area (TPSA) is 61.4 Å². The SMILES string of the molecule is CCCNC(=O)CN(C)C(=O)CCNCC. The van der Waals surface area contributed by atoms with E-state index < -0.39 is 0 Å². The molecule has 0 bridgehead atoms. The van der Waals surface area contributed by atoms with Crippen molar-refractivity contribution in [1.29, 1.82) is 0 Å². The number of carbonyl (C=O) groups excluding carboxylic acids is 2. The molecule has 0 spiro atoms.